The summed E-state index contributed by atoms with van der Waals surface area (Å²) in [6.07, 6.45) is 4.31. The van der Waals surface area contributed by atoms with Gasteiger partial charge in [-0.25, -0.2) is 4.98 Å². The van der Waals surface area contributed by atoms with Crippen LogP contribution in [0.5, 0.6) is 0 Å². The number of nitrogens with one attached hydrogen (secondary N) is 1. The molecule has 2 aromatic heterocycles. The van der Waals surface area contributed by atoms with Gasteiger partial charge in [0.05, 0.1) is 11.9 Å². The zero-order chi connectivity index (χ0) is 24.6. The van der Waals surface area contributed by atoms with E-state index in [1.165, 1.54) is 12.1 Å². The minimum Gasteiger partial charge on any atom is -0.368 e. The van der Waals surface area contributed by atoms with E-state index >= 15 is 0 Å². The number of hydrogen-bond donors (Lipinski definition) is 1. The number of aromatic nitrogens is 3. The third-order valence-electron chi connectivity index (χ3n) is 7.01. The molecular weight excluding hydrogens is 455 g/mol. The number of nitrogens with zero attached hydrogens (tertiary/aromatic N) is 4. The second-order valence-electron chi connectivity index (χ2n) is 9.53. The first-order valence-corrected chi connectivity index (χ1v) is 11.7. The lowest BCUT2D eigenvalue weighted by Gasteiger charge is -2.40. The quantitative estimate of drug-likeness (QED) is 0.531. The molecule has 0 bridgehead atoms. The largest absolute Gasteiger partial charge is 0.433 e. The number of anilines is 1. The van der Waals surface area contributed by atoms with Crippen molar-refractivity contribution in [1.82, 2.24) is 19.9 Å². The Morgan fingerprint density at radius 1 is 1.17 bits per heavy atom. The topological polar surface area (TPSA) is 71.0 Å². The summed E-state index contributed by atoms with van der Waals surface area (Å²) in [5, 5.41) is 3.06. The van der Waals surface area contributed by atoms with Crippen molar-refractivity contribution in [1.29, 1.82) is 0 Å². The summed E-state index contributed by atoms with van der Waals surface area (Å²) in [6, 6.07) is 9.34. The predicted molar refractivity (Wildman–Crippen MR) is 126 cm³/mol. The van der Waals surface area contributed by atoms with Gasteiger partial charge in [0.1, 0.15) is 11.5 Å². The first-order chi connectivity index (χ1) is 16.7. The Kier molecular flexibility index (Phi) is 5.94. The second kappa shape index (κ2) is 8.94. The third-order valence-corrected chi connectivity index (χ3v) is 7.01. The number of amides is 1. The van der Waals surface area contributed by atoms with Crippen LogP contribution in [0.1, 0.15) is 47.3 Å². The predicted octanol–water partition coefficient (Wildman–Crippen LogP) is 5.36. The summed E-state index contributed by atoms with van der Waals surface area (Å²) in [5.41, 5.74) is 2.15. The van der Waals surface area contributed by atoms with Crippen molar-refractivity contribution in [2.24, 2.45) is 5.41 Å². The van der Waals surface area contributed by atoms with Crippen molar-refractivity contribution >= 4 is 11.7 Å². The van der Waals surface area contributed by atoms with Gasteiger partial charge >= 0.3 is 6.18 Å². The number of benzene rings is 1. The number of aryl methyl sites for hydroxylation is 1. The Bertz CT molecular complexity index is 1230. The summed E-state index contributed by atoms with van der Waals surface area (Å²) >= 11 is 0. The molecule has 1 spiro atoms. The van der Waals surface area contributed by atoms with E-state index in [4.69, 9.17) is 0 Å². The summed E-state index contributed by atoms with van der Waals surface area (Å²) in [6.45, 7) is 2.87. The lowest BCUT2D eigenvalue weighted by atomic mass is 9.87. The smallest absolute Gasteiger partial charge is 0.368 e. The fraction of sp³-hybridized carbons (Fsp3) is 0.385. The molecule has 35 heavy (non-hydrogen) atoms. The van der Waals surface area contributed by atoms with Crippen molar-refractivity contribution in [2.75, 3.05) is 18.4 Å². The number of carbonyl (C=O) groups is 1. The Hall–Kier alpha value is -3.49. The number of likely N-dealkylation sites (tertiary alicyclic amines) is 1. The third kappa shape index (κ3) is 4.99. The van der Waals surface area contributed by atoms with Crippen molar-refractivity contribution in [3.05, 3.63) is 71.8 Å². The van der Waals surface area contributed by atoms with E-state index in [0.717, 1.165) is 37.3 Å². The number of pyridine rings is 1. The van der Waals surface area contributed by atoms with Gasteiger partial charge in [-0.2, -0.15) is 13.2 Å². The molecule has 182 valence electrons. The Labute approximate surface area is 201 Å². The first-order valence-electron chi connectivity index (χ1n) is 11.7. The normalized spacial score (nSPS) is 19.0. The molecule has 9 heteroatoms. The summed E-state index contributed by atoms with van der Waals surface area (Å²) in [5.74, 6) is 0.0482. The Balaban J connectivity index is 1.41. The number of rotatable bonds is 5. The molecule has 6 nitrogen and oxygen atoms in total. The highest BCUT2D eigenvalue weighted by molar-refractivity contribution is 6.01. The molecule has 1 N–H and O–H groups in total. The number of carbonyl (C=O) groups excluding carboxylic acids is 1. The van der Waals surface area contributed by atoms with Gasteiger partial charge in [0.25, 0.3) is 5.91 Å². The SMILES string of the molecule is Cc1ccc(-c2cnccn2)c(C(=O)N2CCC3(CC3)C[C@@H]2CNc2cccc(C(F)(F)F)n2)c1. The van der Waals surface area contributed by atoms with E-state index in [9.17, 15) is 18.0 Å². The van der Waals surface area contributed by atoms with Crippen LogP contribution >= 0.6 is 0 Å². The molecule has 1 aliphatic carbocycles. The highest BCUT2D eigenvalue weighted by Gasteiger charge is 2.49. The van der Waals surface area contributed by atoms with E-state index in [2.05, 4.69) is 20.3 Å². The minimum atomic E-state index is -4.51. The van der Waals surface area contributed by atoms with Crippen LogP contribution in [0.25, 0.3) is 11.3 Å². The van der Waals surface area contributed by atoms with Crippen LogP contribution in [0.2, 0.25) is 0 Å². The molecule has 1 aliphatic heterocycles. The van der Waals surface area contributed by atoms with E-state index in [-0.39, 0.29) is 23.2 Å². The maximum atomic E-state index is 13.9. The van der Waals surface area contributed by atoms with Crippen LogP contribution in [0.4, 0.5) is 19.0 Å². The molecule has 1 saturated carbocycles. The molecule has 1 amide bonds. The molecular formula is C26H26F3N5O. The highest BCUT2D eigenvalue weighted by Crippen LogP contribution is 2.55. The van der Waals surface area contributed by atoms with Gasteiger partial charge < -0.3 is 10.2 Å². The average Bonchev–Trinajstić information content (AvgIpc) is 3.61. The highest BCUT2D eigenvalue weighted by atomic mass is 19.4. The van der Waals surface area contributed by atoms with Gasteiger partial charge in [0, 0.05) is 42.7 Å². The van der Waals surface area contributed by atoms with Gasteiger partial charge in [0.2, 0.25) is 0 Å². The van der Waals surface area contributed by atoms with Crippen molar-refractivity contribution in [2.45, 2.75) is 44.8 Å². The molecule has 3 aromatic rings. The van der Waals surface area contributed by atoms with E-state index < -0.39 is 11.9 Å². The standard InChI is InChI=1S/C26H26F3N5O/c1-17-5-6-19(21-16-30-10-11-31-21)20(13-17)24(35)34-12-9-25(7-8-25)14-18(34)15-32-23-4-2-3-22(33-23)26(27,28)29/h2-6,10-11,13,16,18H,7-9,12,14-15H2,1H3,(H,32,33)/t18-/m1/s1. The van der Waals surface area contributed by atoms with Crippen molar-refractivity contribution in [3.8, 4) is 11.3 Å². The maximum absolute atomic E-state index is 13.9. The van der Waals surface area contributed by atoms with Crippen LogP contribution < -0.4 is 5.32 Å². The van der Waals surface area contributed by atoms with Gasteiger partial charge in [-0.3, -0.25) is 14.8 Å². The molecule has 1 saturated heterocycles. The van der Waals surface area contributed by atoms with E-state index in [0.29, 0.717) is 29.9 Å². The second-order valence-corrected chi connectivity index (χ2v) is 9.53. The summed E-state index contributed by atoms with van der Waals surface area (Å²) in [4.78, 5) is 28.0. The molecule has 0 unspecified atom stereocenters. The van der Waals surface area contributed by atoms with Gasteiger partial charge in [-0.05, 0) is 56.2 Å². The lowest BCUT2D eigenvalue weighted by molar-refractivity contribution is -0.141. The Morgan fingerprint density at radius 3 is 2.71 bits per heavy atom. The van der Waals surface area contributed by atoms with E-state index in [1.807, 2.05) is 30.0 Å². The Morgan fingerprint density at radius 2 is 2.00 bits per heavy atom. The summed E-state index contributed by atoms with van der Waals surface area (Å²) in [7, 11) is 0. The molecule has 2 aliphatic rings. The van der Waals surface area contributed by atoms with Gasteiger partial charge in [0.15, 0.2) is 0 Å². The van der Waals surface area contributed by atoms with Crippen LogP contribution in [-0.4, -0.2) is 44.9 Å². The molecule has 2 fully saturated rings. The summed E-state index contributed by atoms with van der Waals surface area (Å²) < 4.78 is 39.3. The number of piperidine rings is 1. The molecule has 5 rings (SSSR count). The van der Waals surface area contributed by atoms with Crippen molar-refractivity contribution in [3.63, 3.8) is 0 Å². The molecule has 0 radical (unpaired) electrons. The zero-order valence-corrected chi connectivity index (χ0v) is 19.3. The fourth-order valence-corrected chi connectivity index (χ4v) is 4.90. The van der Waals surface area contributed by atoms with Crippen LogP contribution in [0, 0.1) is 12.3 Å². The van der Waals surface area contributed by atoms with E-state index in [1.54, 1.807) is 18.6 Å². The minimum absolute atomic E-state index is 0.103. The van der Waals surface area contributed by atoms with Crippen LogP contribution in [0.15, 0.2) is 55.0 Å². The van der Waals surface area contributed by atoms with Crippen LogP contribution in [-0.2, 0) is 6.18 Å². The van der Waals surface area contributed by atoms with Crippen LogP contribution in [0.3, 0.4) is 0 Å². The average molecular weight is 482 g/mol. The molecule has 1 aromatic carbocycles. The monoisotopic (exact) mass is 481 g/mol. The fourth-order valence-electron chi connectivity index (χ4n) is 4.90. The zero-order valence-electron chi connectivity index (χ0n) is 19.3. The number of hydrogen-bond acceptors (Lipinski definition) is 5. The van der Waals surface area contributed by atoms with Gasteiger partial charge in [-0.1, -0.05) is 23.8 Å². The molecule has 3 heterocycles. The van der Waals surface area contributed by atoms with Crippen molar-refractivity contribution < 1.29 is 18.0 Å². The number of halogens is 3. The first kappa shape index (κ1) is 23.3. The maximum Gasteiger partial charge on any atom is 0.433 e. The molecule has 1 atom stereocenters. The lowest BCUT2D eigenvalue weighted by Crippen LogP contribution is -2.50. The van der Waals surface area contributed by atoms with Gasteiger partial charge in [-0.15, -0.1) is 0 Å². The number of alkyl halides is 3.